The minimum Gasteiger partial charge on any atom is -0.328 e. The first-order valence-electron chi connectivity index (χ1n) is 4.11. The molecule has 1 aromatic heterocycles. The van der Waals surface area contributed by atoms with Crippen molar-refractivity contribution in [3.05, 3.63) is 36.2 Å². The number of rotatable bonds is 3. The van der Waals surface area contributed by atoms with E-state index in [9.17, 15) is 0 Å². The van der Waals surface area contributed by atoms with Crippen LogP contribution >= 0.6 is 24.8 Å². The maximum atomic E-state index is 5.59. The van der Waals surface area contributed by atoms with Gasteiger partial charge in [0.2, 0.25) is 0 Å². The maximum Gasteiger partial charge on any atom is 0.0340 e. The first-order chi connectivity index (χ1) is 5.79. The molecule has 80 valence electrons. The molecule has 14 heavy (non-hydrogen) atoms. The van der Waals surface area contributed by atoms with Crippen molar-refractivity contribution in [2.24, 2.45) is 5.73 Å². The lowest BCUT2D eigenvalue weighted by atomic mass is 10.2. The molecule has 0 aromatic carbocycles. The Balaban J connectivity index is 0. The molecule has 1 rings (SSSR count). The zero-order chi connectivity index (χ0) is 8.81. The minimum absolute atomic E-state index is 0. The Bertz CT molecular complexity index is 248. The van der Waals surface area contributed by atoms with Crippen molar-refractivity contribution in [2.45, 2.75) is 19.4 Å². The molecule has 0 fully saturated rings. The lowest BCUT2D eigenvalue weighted by Gasteiger charge is -1.97. The second-order valence-electron chi connectivity index (χ2n) is 2.90. The molecule has 2 N–H and O–H groups in total. The van der Waals surface area contributed by atoms with Crippen LogP contribution in [0.15, 0.2) is 30.6 Å². The summed E-state index contributed by atoms with van der Waals surface area (Å²) in [5, 5.41) is 0. The van der Waals surface area contributed by atoms with Crippen molar-refractivity contribution in [3.8, 4) is 0 Å². The molecule has 0 radical (unpaired) electrons. The molecule has 0 bridgehead atoms. The third-order valence-electron chi connectivity index (χ3n) is 1.50. The number of nitrogens with zero attached hydrogens (tertiary/aromatic N) is 1. The van der Waals surface area contributed by atoms with Crippen LogP contribution in [0.1, 0.15) is 18.9 Å². The topological polar surface area (TPSA) is 38.9 Å². The van der Waals surface area contributed by atoms with Crippen LogP contribution in [0.25, 0.3) is 6.08 Å². The number of hydrogen-bond acceptors (Lipinski definition) is 2. The van der Waals surface area contributed by atoms with Crippen LogP contribution < -0.4 is 5.73 Å². The Labute approximate surface area is 97.4 Å². The van der Waals surface area contributed by atoms with E-state index in [0.717, 1.165) is 12.0 Å². The first kappa shape index (κ1) is 15.9. The van der Waals surface area contributed by atoms with Gasteiger partial charge in [-0.1, -0.05) is 18.2 Å². The van der Waals surface area contributed by atoms with Crippen LogP contribution in [0.5, 0.6) is 0 Å². The Hall–Kier alpha value is -0.570. The second kappa shape index (κ2) is 9.00. The highest BCUT2D eigenvalue weighted by Gasteiger charge is 1.87. The van der Waals surface area contributed by atoms with E-state index in [2.05, 4.69) is 11.1 Å². The lowest BCUT2D eigenvalue weighted by Crippen LogP contribution is -2.12. The summed E-state index contributed by atoms with van der Waals surface area (Å²) in [6.07, 6.45) is 8.62. The summed E-state index contributed by atoms with van der Waals surface area (Å²) in [6, 6.07) is 4.17. The molecule has 0 unspecified atom stereocenters. The van der Waals surface area contributed by atoms with Gasteiger partial charge in [-0.05, 0) is 25.0 Å². The highest BCUT2D eigenvalue weighted by molar-refractivity contribution is 5.85. The quantitative estimate of drug-likeness (QED) is 0.874. The average Bonchev–Trinajstić information content (AvgIpc) is 2.05. The Morgan fingerprint density at radius 2 is 2.21 bits per heavy atom. The fourth-order valence-corrected chi connectivity index (χ4v) is 0.893. The van der Waals surface area contributed by atoms with E-state index in [4.69, 9.17) is 5.73 Å². The van der Waals surface area contributed by atoms with Gasteiger partial charge in [0.15, 0.2) is 0 Å². The van der Waals surface area contributed by atoms with Crippen molar-refractivity contribution >= 4 is 30.9 Å². The standard InChI is InChI=1S/C10H14N2.2ClH/c1-9(11)4-2-5-10-6-3-7-12-8-10;;/h2-3,5-9H,4,11H2,1H3;2*1H/b5-2+;;/t9-;;/m0../s1. The third-order valence-corrected chi connectivity index (χ3v) is 1.50. The molecule has 1 aromatic rings. The summed E-state index contributed by atoms with van der Waals surface area (Å²) >= 11 is 0. The SMILES string of the molecule is C[C@H](N)C/C=C/c1cccnc1.Cl.Cl. The third kappa shape index (κ3) is 6.89. The molecular formula is C10H16Cl2N2. The van der Waals surface area contributed by atoms with Gasteiger partial charge < -0.3 is 5.73 Å². The highest BCUT2D eigenvalue weighted by atomic mass is 35.5. The normalized spacial score (nSPS) is 11.6. The van der Waals surface area contributed by atoms with Crippen molar-refractivity contribution in [1.29, 1.82) is 0 Å². The Morgan fingerprint density at radius 3 is 2.71 bits per heavy atom. The van der Waals surface area contributed by atoms with Crippen LogP contribution in [-0.2, 0) is 0 Å². The maximum absolute atomic E-state index is 5.59. The van der Waals surface area contributed by atoms with E-state index in [-0.39, 0.29) is 30.9 Å². The number of nitrogens with two attached hydrogens (primary N) is 1. The van der Waals surface area contributed by atoms with E-state index >= 15 is 0 Å². The molecule has 1 atom stereocenters. The van der Waals surface area contributed by atoms with E-state index < -0.39 is 0 Å². The molecule has 2 nitrogen and oxygen atoms in total. The largest absolute Gasteiger partial charge is 0.328 e. The molecule has 0 amide bonds. The van der Waals surface area contributed by atoms with Crippen LogP contribution in [-0.4, -0.2) is 11.0 Å². The van der Waals surface area contributed by atoms with Crippen molar-refractivity contribution in [2.75, 3.05) is 0 Å². The molecule has 1 heterocycles. The molecule has 0 aliphatic heterocycles. The second-order valence-corrected chi connectivity index (χ2v) is 2.90. The zero-order valence-electron chi connectivity index (χ0n) is 8.09. The summed E-state index contributed by atoms with van der Waals surface area (Å²) in [5.74, 6) is 0. The van der Waals surface area contributed by atoms with Crippen LogP contribution in [0.4, 0.5) is 0 Å². The number of aromatic nitrogens is 1. The molecule has 0 aliphatic carbocycles. The molecular weight excluding hydrogens is 219 g/mol. The predicted molar refractivity (Wildman–Crippen MR) is 66.0 cm³/mol. The fourth-order valence-electron chi connectivity index (χ4n) is 0.893. The van der Waals surface area contributed by atoms with Gasteiger partial charge in [-0.2, -0.15) is 0 Å². The Morgan fingerprint density at radius 1 is 1.50 bits per heavy atom. The molecule has 0 aliphatic rings. The van der Waals surface area contributed by atoms with E-state index in [1.807, 2.05) is 31.3 Å². The van der Waals surface area contributed by atoms with Crippen LogP contribution in [0.2, 0.25) is 0 Å². The molecule has 0 saturated carbocycles. The van der Waals surface area contributed by atoms with E-state index in [1.54, 1.807) is 6.20 Å². The molecule has 0 saturated heterocycles. The van der Waals surface area contributed by atoms with Gasteiger partial charge in [-0.3, -0.25) is 4.98 Å². The summed E-state index contributed by atoms with van der Waals surface area (Å²) < 4.78 is 0. The fraction of sp³-hybridized carbons (Fsp3) is 0.300. The minimum atomic E-state index is 0. The van der Waals surface area contributed by atoms with Crippen LogP contribution in [0, 0.1) is 0 Å². The summed E-state index contributed by atoms with van der Waals surface area (Å²) in [5.41, 5.74) is 6.71. The van der Waals surface area contributed by atoms with Crippen molar-refractivity contribution in [3.63, 3.8) is 0 Å². The highest BCUT2D eigenvalue weighted by Crippen LogP contribution is 2.00. The number of pyridine rings is 1. The average molecular weight is 235 g/mol. The summed E-state index contributed by atoms with van der Waals surface area (Å²) in [7, 11) is 0. The molecule has 0 spiro atoms. The first-order valence-corrected chi connectivity index (χ1v) is 4.11. The number of halogens is 2. The smallest absolute Gasteiger partial charge is 0.0340 e. The van der Waals surface area contributed by atoms with Gasteiger partial charge in [-0.25, -0.2) is 0 Å². The van der Waals surface area contributed by atoms with Gasteiger partial charge in [0.05, 0.1) is 0 Å². The van der Waals surface area contributed by atoms with Gasteiger partial charge in [-0.15, -0.1) is 24.8 Å². The zero-order valence-corrected chi connectivity index (χ0v) is 9.72. The van der Waals surface area contributed by atoms with Gasteiger partial charge >= 0.3 is 0 Å². The monoisotopic (exact) mass is 234 g/mol. The predicted octanol–water partition coefficient (Wildman–Crippen LogP) is 2.68. The Kier molecular flexibility index (Phi) is 10.2. The van der Waals surface area contributed by atoms with E-state index in [0.29, 0.717) is 0 Å². The summed E-state index contributed by atoms with van der Waals surface area (Å²) in [4.78, 5) is 4.00. The van der Waals surface area contributed by atoms with Crippen LogP contribution in [0.3, 0.4) is 0 Å². The van der Waals surface area contributed by atoms with Crippen molar-refractivity contribution in [1.82, 2.24) is 4.98 Å². The van der Waals surface area contributed by atoms with E-state index in [1.165, 1.54) is 0 Å². The van der Waals surface area contributed by atoms with Gasteiger partial charge in [0.25, 0.3) is 0 Å². The lowest BCUT2D eigenvalue weighted by molar-refractivity contribution is 0.759. The number of hydrogen-bond donors (Lipinski definition) is 1. The van der Waals surface area contributed by atoms with Crippen molar-refractivity contribution < 1.29 is 0 Å². The molecule has 4 heteroatoms. The van der Waals surface area contributed by atoms with Gasteiger partial charge in [0, 0.05) is 18.4 Å². The van der Waals surface area contributed by atoms with Gasteiger partial charge in [0.1, 0.15) is 0 Å². The summed E-state index contributed by atoms with van der Waals surface area (Å²) in [6.45, 7) is 1.99.